The van der Waals surface area contributed by atoms with Crippen LogP contribution in [0.3, 0.4) is 0 Å². The van der Waals surface area contributed by atoms with Crippen molar-refractivity contribution in [2.45, 2.75) is 65.0 Å². The average molecular weight is 317 g/mol. The molecule has 0 radical (unpaired) electrons. The fourth-order valence-electron chi connectivity index (χ4n) is 3.10. The van der Waals surface area contributed by atoms with Crippen molar-refractivity contribution in [1.82, 2.24) is 14.3 Å². The monoisotopic (exact) mass is 317 g/mol. The van der Waals surface area contributed by atoms with E-state index < -0.39 is 10.2 Å². The van der Waals surface area contributed by atoms with Gasteiger partial charge in [-0.3, -0.25) is 0 Å². The summed E-state index contributed by atoms with van der Waals surface area (Å²) in [7, 11) is -3.30. The van der Waals surface area contributed by atoms with Crippen LogP contribution in [0.1, 0.15) is 52.9 Å². The summed E-state index contributed by atoms with van der Waals surface area (Å²) >= 11 is 0. The smallest absolute Gasteiger partial charge is 0.279 e. The number of rotatable bonds is 7. The van der Waals surface area contributed by atoms with Gasteiger partial charge in [-0.2, -0.15) is 17.4 Å². The molecule has 1 unspecified atom stereocenters. The Balaban J connectivity index is 1.77. The lowest BCUT2D eigenvalue weighted by atomic mass is 9.81. The maximum atomic E-state index is 12.4. The van der Waals surface area contributed by atoms with Crippen molar-refractivity contribution in [3.8, 4) is 0 Å². The predicted molar refractivity (Wildman–Crippen MR) is 86.3 cm³/mol. The normalized spacial score (nSPS) is 24.2. The highest BCUT2D eigenvalue weighted by Gasteiger charge is 2.32. The van der Waals surface area contributed by atoms with Crippen LogP contribution in [0.2, 0.25) is 0 Å². The third-order valence-electron chi connectivity index (χ3n) is 4.92. The van der Waals surface area contributed by atoms with Crippen molar-refractivity contribution in [1.29, 1.82) is 0 Å². The highest BCUT2D eigenvalue weighted by atomic mass is 32.2. The standard InChI is InChI=1S/C15H31N3O2S/c1-12(2)16-11-14-7-9-18(10-8-14)21(19,20)17-13(3)15-5-4-6-15/h12-17H,4-11H2,1-3H3. The van der Waals surface area contributed by atoms with Crippen molar-refractivity contribution in [3.05, 3.63) is 0 Å². The van der Waals surface area contributed by atoms with Crippen molar-refractivity contribution in [3.63, 3.8) is 0 Å². The van der Waals surface area contributed by atoms with Crippen LogP contribution in [0.15, 0.2) is 0 Å². The molecule has 1 atom stereocenters. The van der Waals surface area contributed by atoms with Gasteiger partial charge in [-0.05, 0) is 51.0 Å². The first kappa shape index (κ1) is 17.2. The number of hydrogen-bond donors (Lipinski definition) is 2. The summed E-state index contributed by atoms with van der Waals surface area (Å²) in [5.74, 6) is 1.13. The van der Waals surface area contributed by atoms with E-state index in [9.17, 15) is 8.42 Å². The zero-order valence-corrected chi connectivity index (χ0v) is 14.5. The fraction of sp³-hybridized carbons (Fsp3) is 1.00. The highest BCUT2D eigenvalue weighted by Crippen LogP contribution is 2.30. The molecule has 1 aliphatic carbocycles. The Kier molecular flexibility index (Phi) is 6.05. The lowest BCUT2D eigenvalue weighted by Gasteiger charge is -2.35. The van der Waals surface area contributed by atoms with Gasteiger partial charge in [-0.1, -0.05) is 20.3 Å². The van der Waals surface area contributed by atoms with Gasteiger partial charge in [-0.15, -0.1) is 0 Å². The van der Waals surface area contributed by atoms with Gasteiger partial charge in [0.25, 0.3) is 10.2 Å². The average Bonchev–Trinajstić information content (AvgIpc) is 2.34. The fourth-order valence-corrected chi connectivity index (χ4v) is 4.60. The highest BCUT2D eigenvalue weighted by molar-refractivity contribution is 7.87. The number of nitrogens with zero attached hydrogens (tertiary/aromatic N) is 1. The van der Waals surface area contributed by atoms with Crippen LogP contribution in [-0.2, 0) is 10.2 Å². The van der Waals surface area contributed by atoms with Crippen LogP contribution in [-0.4, -0.2) is 44.4 Å². The molecule has 0 bridgehead atoms. The van der Waals surface area contributed by atoms with Crippen LogP contribution in [0.25, 0.3) is 0 Å². The molecule has 6 heteroatoms. The topological polar surface area (TPSA) is 61.4 Å². The van der Waals surface area contributed by atoms with Crippen LogP contribution in [0, 0.1) is 11.8 Å². The van der Waals surface area contributed by atoms with Crippen LogP contribution >= 0.6 is 0 Å². The van der Waals surface area contributed by atoms with E-state index in [0.29, 0.717) is 31.0 Å². The number of hydrogen-bond acceptors (Lipinski definition) is 3. The molecule has 1 saturated carbocycles. The molecule has 2 fully saturated rings. The molecule has 5 nitrogen and oxygen atoms in total. The second-order valence-electron chi connectivity index (χ2n) is 7.01. The van der Waals surface area contributed by atoms with Crippen LogP contribution < -0.4 is 10.0 Å². The third kappa shape index (κ3) is 4.91. The Morgan fingerprint density at radius 3 is 2.19 bits per heavy atom. The molecule has 1 heterocycles. The van der Waals surface area contributed by atoms with Crippen molar-refractivity contribution >= 4 is 10.2 Å². The van der Waals surface area contributed by atoms with Gasteiger partial charge < -0.3 is 5.32 Å². The van der Waals surface area contributed by atoms with E-state index in [2.05, 4.69) is 23.9 Å². The molecule has 0 aromatic rings. The Morgan fingerprint density at radius 1 is 1.10 bits per heavy atom. The molecular formula is C15H31N3O2S. The van der Waals surface area contributed by atoms with Gasteiger partial charge in [0.15, 0.2) is 0 Å². The first-order valence-corrected chi connectivity index (χ1v) is 9.83. The molecule has 2 N–H and O–H groups in total. The Labute approximate surface area is 130 Å². The summed E-state index contributed by atoms with van der Waals surface area (Å²) in [6.07, 6.45) is 5.47. The Morgan fingerprint density at radius 2 is 1.71 bits per heavy atom. The molecule has 21 heavy (non-hydrogen) atoms. The summed E-state index contributed by atoms with van der Waals surface area (Å²) in [6, 6.07) is 0.570. The van der Waals surface area contributed by atoms with Crippen molar-refractivity contribution < 1.29 is 8.42 Å². The molecule has 0 spiro atoms. The summed E-state index contributed by atoms with van der Waals surface area (Å²) < 4.78 is 29.3. The number of piperidine rings is 1. The molecule has 0 amide bonds. The Hall–Kier alpha value is -0.170. The van der Waals surface area contributed by atoms with Gasteiger partial charge in [0, 0.05) is 25.2 Å². The zero-order valence-electron chi connectivity index (χ0n) is 13.6. The van der Waals surface area contributed by atoms with Crippen LogP contribution in [0.4, 0.5) is 0 Å². The van der Waals surface area contributed by atoms with E-state index in [1.165, 1.54) is 6.42 Å². The van der Waals surface area contributed by atoms with E-state index in [1.54, 1.807) is 4.31 Å². The van der Waals surface area contributed by atoms with Gasteiger partial charge in [0.1, 0.15) is 0 Å². The minimum Gasteiger partial charge on any atom is -0.314 e. The first-order valence-electron chi connectivity index (χ1n) is 8.39. The number of nitrogens with one attached hydrogen (secondary N) is 2. The Bertz CT molecular complexity index is 413. The lowest BCUT2D eigenvalue weighted by Crippen LogP contribution is -2.50. The maximum Gasteiger partial charge on any atom is 0.279 e. The van der Waals surface area contributed by atoms with E-state index in [4.69, 9.17) is 0 Å². The zero-order chi connectivity index (χ0) is 15.5. The molecule has 0 aromatic carbocycles. The predicted octanol–water partition coefficient (Wildman–Crippen LogP) is 1.72. The van der Waals surface area contributed by atoms with E-state index >= 15 is 0 Å². The van der Waals surface area contributed by atoms with Gasteiger partial charge >= 0.3 is 0 Å². The minimum atomic E-state index is -3.30. The van der Waals surface area contributed by atoms with E-state index in [-0.39, 0.29) is 6.04 Å². The molecule has 0 aromatic heterocycles. The minimum absolute atomic E-state index is 0.0732. The molecular weight excluding hydrogens is 286 g/mol. The van der Waals surface area contributed by atoms with Gasteiger partial charge in [0.2, 0.25) is 0 Å². The molecule has 1 aliphatic heterocycles. The van der Waals surface area contributed by atoms with Crippen LogP contribution in [0.5, 0.6) is 0 Å². The maximum absolute atomic E-state index is 12.4. The third-order valence-corrected chi connectivity index (χ3v) is 6.63. The van der Waals surface area contributed by atoms with Gasteiger partial charge in [0.05, 0.1) is 0 Å². The lowest BCUT2D eigenvalue weighted by molar-refractivity contribution is 0.241. The summed E-state index contributed by atoms with van der Waals surface area (Å²) in [6.45, 7) is 8.59. The quantitative estimate of drug-likeness (QED) is 0.751. The summed E-state index contributed by atoms with van der Waals surface area (Å²) in [4.78, 5) is 0. The second-order valence-corrected chi connectivity index (χ2v) is 8.71. The van der Waals surface area contributed by atoms with Crippen molar-refractivity contribution in [2.24, 2.45) is 11.8 Å². The first-order chi connectivity index (χ1) is 9.88. The van der Waals surface area contributed by atoms with E-state index in [1.807, 2.05) is 6.92 Å². The summed E-state index contributed by atoms with van der Waals surface area (Å²) in [5, 5.41) is 3.45. The summed E-state index contributed by atoms with van der Waals surface area (Å²) in [5.41, 5.74) is 0. The van der Waals surface area contributed by atoms with E-state index in [0.717, 1.165) is 32.2 Å². The molecule has 124 valence electrons. The largest absolute Gasteiger partial charge is 0.314 e. The van der Waals surface area contributed by atoms with Gasteiger partial charge in [-0.25, -0.2) is 0 Å². The molecule has 2 rings (SSSR count). The SMILES string of the molecule is CC(C)NCC1CCN(S(=O)(=O)NC(C)C2CCC2)CC1. The molecule has 2 aliphatic rings. The molecule has 1 saturated heterocycles. The second kappa shape index (κ2) is 7.40. The van der Waals surface area contributed by atoms with Crippen molar-refractivity contribution in [2.75, 3.05) is 19.6 Å².